The van der Waals surface area contributed by atoms with Gasteiger partial charge in [0.05, 0.1) is 0 Å². The predicted octanol–water partition coefficient (Wildman–Crippen LogP) is 4.68. The van der Waals surface area contributed by atoms with Crippen LogP contribution >= 0.6 is 11.3 Å². The van der Waals surface area contributed by atoms with Crippen LogP contribution in [0, 0.1) is 5.82 Å². The zero-order valence-electron chi connectivity index (χ0n) is 13.7. The second-order valence-corrected chi connectivity index (χ2v) is 6.72. The molecule has 1 aliphatic heterocycles. The van der Waals surface area contributed by atoms with Gasteiger partial charge in [0.1, 0.15) is 30.4 Å². The molecule has 3 aromatic rings. The molecular weight excluding hydrogens is 355 g/mol. The molecule has 0 atom stereocenters. The van der Waals surface area contributed by atoms with Crippen molar-refractivity contribution in [1.29, 1.82) is 0 Å². The van der Waals surface area contributed by atoms with E-state index in [0.717, 1.165) is 21.8 Å². The molecule has 132 valence electrons. The number of para-hydroxylation sites is 2. The highest BCUT2D eigenvalue weighted by Crippen LogP contribution is 2.42. The highest BCUT2D eigenvalue weighted by Gasteiger charge is 2.23. The van der Waals surface area contributed by atoms with Crippen molar-refractivity contribution in [1.82, 2.24) is 0 Å². The Kier molecular flexibility index (Phi) is 4.58. The van der Waals surface area contributed by atoms with Crippen molar-refractivity contribution >= 4 is 17.3 Å². The minimum Gasteiger partial charge on any atom is -0.488 e. The Morgan fingerprint density at radius 1 is 1.12 bits per heavy atom. The van der Waals surface area contributed by atoms with Crippen molar-refractivity contribution in [2.75, 3.05) is 13.2 Å². The van der Waals surface area contributed by atoms with E-state index in [1.807, 2.05) is 24.3 Å². The van der Waals surface area contributed by atoms with Crippen molar-refractivity contribution in [2.45, 2.75) is 6.61 Å². The third-order valence-electron chi connectivity index (χ3n) is 3.94. The lowest BCUT2D eigenvalue weighted by atomic mass is 10.1. The van der Waals surface area contributed by atoms with E-state index >= 15 is 0 Å². The number of rotatable bonds is 5. The molecule has 0 N–H and O–H groups in total. The summed E-state index contributed by atoms with van der Waals surface area (Å²) in [5.41, 5.74) is 1.96. The van der Waals surface area contributed by atoms with Gasteiger partial charge in [-0.05, 0) is 30.3 Å². The fourth-order valence-corrected chi connectivity index (χ4v) is 3.81. The highest BCUT2D eigenvalue weighted by molar-refractivity contribution is 7.17. The quantitative estimate of drug-likeness (QED) is 0.483. The molecule has 2 heterocycles. The molecule has 0 radical (unpaired) electrons. The molecule has 2 aromatic carbocycles. The van der Waals surface area contributed by atoms with E-state index in [2.05, 4.69) is 0 Å². The van der Waals surface area contributed by atoms with Crippen LogP contribution in [0.4, 0.5) is 4.39 Å². The van der Waals surface area contributed by atoms with E-state index in [4.69, 9.17) is 14.2 Å². The molecule has 0 spiro atoms. The number of halogens is 1. The third-order valence-corrected chi connectivity index (χ3v) is 5.13. The molecule has 0 fully saturated rings. The molecule has 1 aliphatic rings. The summed E-state index contributed by atoms with van der Waals surface area (Å²) in [5, 5.41) is 0. The maximum Gasteiger partial charge on any atom is 0.348 e. The number of benzene rings is 2. The Hall–Kier alpha value is -2.86. The molecule has 0 saturated carbocycles. The van der Waals surface area contributed by atoms with E-state index in [-0.39, 0.29) is 19.0 Å². The summed E-state index contributed by atoms with van der Waals surface area (Å²) in [4.78, 5) is 13.8. The lowest BCUT2D eigenvalue weighted by Crippen LogP contribution is -2.12. The Labute approximate surface area is 153 Å². The number of hydrogen-bond acceptors (Lipinski definition) is 5. The first-order valence-electron chi connectivity index (χ1n) is 8.12. The van der Waals surface area contributed by atoms with E-state index in [0.29, 0.717) is 11.5 Å². The van der Waals surface area contributed by atoms with Gasteiger partial charge in [0.25, 0.3) is 0 Å². The molecule has 0 amide bonds. The van der Waals surface area contributed by atoms with Crippen LogP contribution in [0.3, 0.4) is 0 Å². The number of ether oxygens (including phenoxy) is 3. The fraction of sp³-hybridized carbons (Fsp3) is 0.150. The minimum absolute atomic E-state index is 0.0445. The summed E-state index contributed by atoms with van der Waals surface area (Å²) in [6.07, 6.45) is 0. The smallest absolute Gasteiger partial charge is 0.348 e. The number of hydrogen-bond donors (Lipinski definition) is 0. The van der Waals surface area contributed by atoms with Crippen LogP contribution in [-0.2, 0) is 11.3 Å². The van der Waals surface area contributed by atoms with Crippen molar-refractivity contribution in [2.24, 2.45) is 0 Å². The van der Waals surface area contributed by atoms with Crippen molar-refractivity contribution in [3.8, 4) is 21.9 Å². The maximum absolute atomic E-state index is 13.4. The molecule has 0 unspecified atom stereocenters. The van der Waals surface area contributed by atoms with Crippen LogP contribution in [0.25, 0.3) is 10.4 Å². The van der Waals surface area contributed by atoms with Gasteiger partial charge in [0.15, 0.2) is 11.6 Å². The van der Waals surface area contributed by atoms with Gasteiger partial charge in [0.2, 0.25) is 0 Å². The predicted molar refractivity (Wildman–Crippen MR) is 96.3 cm³/mol. The summed E-state index contributed by atoms with van der Waals surface area (Å²) in [7, 11) is 0. The molecule has 4 nitrogen and oxygen atoms in total. The van der Waals surface area contributed by atoms with Gasteiger partial charge in [-0.15, -0.1) is 11.3 Å². The van der Waals surface area contributed by atoms with E-state index in [1.54, 1.807) is 18.2 Å². The lowest BCUT2D eigenvalue weighted by molar-refractivity contribution is 0.0454. The molecule has 0 bridgehead atoms. The normalized spacial score (nSPS) is 11.9. The maximum atomic E-state index is 13.4. The van der Waals surface area contributed by atoms with Crippen LogP contribution in [0.2, 0.25) is 0 Å². The Morgan fingerprint density at radius 3 is 2.81 bits per heavy atom. The van der Waals surface area contributed by atoms with Crippen molar-refractivity contribution in [3.05, 3.63) is 70.9 Å². The minimum atomic E-state index is -0.441. The fourth-order valence-electron chi connectivity index (χ4n) is 2.72. The number of carbonyl (C=O) groups excluding carboxylic acids is 1. The second-order valence-electron chi connectivity index (χ2n) is 5.66. The number of esters is 1. The van der Waals surface area contributed by atoms with E-state index < -0.39 is 11.8 Å². The third kappa shape index (κ3) is 3.28. The summed E-state index contributed by atoms with van der Waals surface area (Å²) in [6, 6.07) is 15.7. The number of fused-ring (bicyclic) bond motifs is 3. The van der Waals surface area contributed by atoms with Gasteiger partial charge >= 0.3 is 5.97 Å². The monoisotopic (exact) mass is 370 g/mol. The van der Waals surface area contributed by atoms with E-state index in [9.17, 15) is 9.18 Å². The highest BCUT2D eigenvalue weighted by atomic mass is 32.1. The van der Waals surface area contributed by atoms with E-state index in [1.165, 1.54) is 23.5 Å². The standard InChI is InChI=1S/C20H15FO4S/c21-15-6-2-4-8-17(15)23-9-10-24-20(22)18-11-13-12-25-16-7-3-1-5-14(16)19(13)26-18/h1-8,11H,9-10,12H2. The van der Waals surface area contributed by atoms with Crippen molar-refractivity contribution in [3.63, 3.8) is 0 Å². The second kappa shape index (κ2) is 7.17. The molecule has 0 aliphatic carbocycles. The van der Waals surface area contributed by atoms with Crippen LogP contribution < -0.4 is 9.47 Å². The van der Waals surface area contributed by atoms with Gasteiger partial charge in [0, 0.05) is 16.0 Å². The number of carbonyl (C=O) groups is 1. The first-order valence-corrected chi connectivity index (χ1v) is 8.93. The Bertz CT molecular complexity index is 950. The van der Waals surface area contributed by atoms with Gasteiger partial charge < -0.3 is 14.2 Å². The topological polar surface area (TPSA) is 44.8 Å². The Morgan fingerprint density at radius 2 is 1.92 bits per heavy atom. The zero-order chi connectivity index (χ0) is 17.9. The first-order chi connectivity index (χ1) is 12.7. The molecule has 6 heteroatoms. The lowest BCUT2D eigenvalue weighted by Gasteiger charge is -2.16. The van der Waals surface area contributed by atoms with Crippen molar-refractivity contribution < 1.29 is 23.4 Å². The molecular formula is C20H15FO4S. The zero-order valence-corrected chi connectivity index (χ0v) is 14.6. The largest absolute Gasteiger partial charge is 0.488 e. The molecule has 26 heavy (non-hydrogen) atoms. The summed E-state index contributed by atoms with van der Waals surface area (Å²) in [5.74, 6) is 0.103. The molecule has 0 saturated heterocycles. The van der Waals surface area contributed by atoms with Crippen LogP contribution in [-0.4, -0.2) is 19.2 Å². The first kappa shape index (κ1) is 16.6. The van der Waals surface area contributed by atoms with Crippen LogP contribution in [0.1, 0.15) is 15.2 Å². The van der Waals surface area contributed by atoms with Gasteiger partial charge in [-0.25, -0.2) is 9.18 Å². The SMILES string of the molecule is O=C(OCCOc1ccccc1F)c1cc2c(s1)-c1ccccc1OC2. The molecule has 4 rings (SSSR count). The average molecular weight is 370 g/mol. The summed E-state index contributed by atoms with van der Waals surface area (Å²) >= 11 is 1.39. The van der Waals surface area contributed by atoms with Crippen LogP contribution in [0.5, 0.6) is 11.5 Å². The summed E-state index contributed by atoms with van der Waals surface area (Å²) in [6.45, 7) is 0.569. The average Bonchev–Trinajstić information content (AvgIpc) is 3.11. The van der Waals surface area contributed by atoms with Gasteiger partial charge in [-0.2, -0.15) is 0 Å². The van der Waals surface area contributed by atoms with Gasteiger partial charge in [-0.3, -0.25) is 0 Å². The van der Waals surface area contributed by atoms with Crippen LogP contribution in [0.15, 0.2) is 54.6 Å². The van der Waals surface area contributed by atoms with Gasteiger partial charge in [-0.1, -0.05) is 24.3 Å². The molecule has 1 aromatic heterocycles. The Balaban J connectivity index is 1.38. The summed E-state index contributed by atoms with van der Waals surface area (Å²) < 4.78 is 29.7. The number of thiophene rings is 1.